The van der Waals surface area contributed by atoms with Crippen LogP contribution in [0.2, 0.25) is 0 Å². The van der Waals surface area contributed by atoms with Crippen LogP contribution in [0.25, 0.3) is 11.4 Å². The van der Waals surface area contributed by atoms with E-state index in [0.717, 1.165) is 18.7 Å². The summed E-state index contributed by atoms with van der Waals surface area (Å²) in [6.45, 7) is 7.46. The molecule has 2 aliphatic heterocycles. The van der Waals surface area contributed by atoms with Gasteiger partial charge in [0.2, 0.25) is 15.9 Å². The number of morpholine rings is 1. The Morgan fingerprint density at radius 1 is 1.03 bits per heavy atom. The van der Waals surface area contributed by atoms with Crippen molar-refractivity contribution in [3.8, 4) is 11.4 Å². The molecule has 0 saturated carbocycles. The number of nitrogens with zero attached hydrogens (tertiary/aromatic N) is 6. The molecule has 33 heavy (non-hydrogen) atoms. The Balaban J connectivity index is 1.45. The average molecular weight is 495 g/mol. The number of thioether (sulfide) groups is 1. The van der Waals surface area contributed by atoms with Crippen LogP contribution >= 0.6 is 11.8 Å². The van der Waals surface area contributed by atoms with Crippen molar-refractivity contribution >= 4 is 27.7 Å². The molecule has 0 unspecified atom stereocenters. The molecule has 2 saturated heterocycles. The number of aromatic nitrogens is 3. The molecule has 1 aromatic heterocycles. The summed E-state index contributed by atoms with van der Waals surface area (Å²) < 4.78 is 34.7. The number of likely N-dealkylation sites (N-methyl/N-ethyl adjacent to an activating group) is 1. The molecule has 2 aromatic rings. The second-order valence-electron chi connectivity index (χ2n) is 8.06. The van der Waals surface area contributed by atoms with Crippen LogP contribution in [0.15, 0.2) is 34.3 Å². The lowest BCUT2D eigenvalue weighted by Gasteiger charge is -2.31. The highest BCUT2D eigenvalue weighted by Crippen LogP contribution is 2.26. The number of piperazine rings is 1. The van der Waals surface area contributed by atoms with Gasteiger partial charge in [-0.1, -0.05) is 11.8 Å². The monoisotopic (exact) mass is 494 g/mol. The minimum Gasteiger partial charge on any atom is -0.378 e. The number of hydrogen-bond acceptors (Lipinski definition) is 8. The van der Waals surface area contributed by atoms with E-state index in [1.54, 1.807) is 24.3 Å². The van der Waals surface area contributed by atoms with Gasteiger partial charge in [-0.25, -0.2) is 8.42 Å². The van der Waals surface area contributed by atoms with Crippen molar-refractivity contribution in [3.05, 3.63) is 24.3 Å². The normalized spacial score (nSPS) is 18.5. The van der Waals surface area contributed by atoms with Gasteiger partial charge in [-0.05, 0) is 38.2 Å². The van der Waals surface area contributed by atoms with Crippen LogP contribution in [0.3, 0.4) is 0 Å². The molecule has 2 fully saturated rings. The maximum Gasteiger partial charge on any atom is 0.243 e. The third-order valence-electron chi connectivity index (χ3n) is 5.93. The summed E-state index contributed by atoms with van der Waals surface area (Å²) in [7, 11) is -1.52. The average Bonchev–Trinajstić information content (AvgIpc) is 3.26. The molecule has 0 bridgehead atoms. The van der Waals surface area contributed by atoms with E-state index in [2.05, 4.69) is 15.1 Å². The van der Waals surface area contributed by atoms with Gasteiger partial charge in [-0.15, -0.1) is 10.2 Å². The first-order valence-corrected chi connectivity index (χ1v) is 13.5. The van der Waals surface area contributed by atoms with Crippen LogP contribution in [0.4, 0.5) is 0 Å². The van der Waals surface area contributed by atoms with Crippen molar-refractivity contribution in [3.63, 3.8) is 0 Å². The predicted molar refractivity (Wildman–Crippen MR) is 126 cm³/mol. The second-order valence-corrected chi connectivity index (χ2v) is 10.9. The molecule has 4 rings (SSSR count). The number of carbonyl (C=O) groups excluding carboxylic acids is 1. The molecule has 0 N–H and O–H groups in total. The van der Waals surface area contributed by atoms with Crippen molar-refractivity contribution in [2.75, 3.05) is 65.3 Å². The van der Waals surface area contributed by atoms with Crippen molar-refractivity contribution in [2.24, 2.45) is 0 Å². The van der Waals surface area contributed by atoms with Gasteiger partial charge < -0.3 is 19.1 Å². The third-order valence-corrected chi connectivity index (χ3v) is 8.80. The Hall–Kier alpha value is -1.99. The summed E-state index contributed by atoms with van der Waals surface area (Å²) in [4.78, 5) is 16.7. The van der Waals surface area contributed by atoms with Crippen molar-refractivity contribution in [2.45, 2.75) is 23.5 Å². The van der Waals surface area contributed by atoms with E-state index in [1.807, 2.05) is 23.4 Å². The number of benzene rings is 1. The standard InChI is InChI=1S/C21H30N6O4S2/c1-3-27-20(22-23-21(27)32-16-19(28)25-12-14-31-15-13-25)17-4-6-18(7-5-17)33(29,30)26-10-8-24(2)9-11-26/h4-7H,3,8-16H2,1-2H3. The Kier molecular flexibility index (Phi) is 7.69. The first-order chi connectivity index (χ1) is 15.9. The van der Waals surface area contributed by atoms with Gasteiger partial charge in [-0.3, -0.25) is 4.79 Å². The van der Waals surface area contributed by atoms with Gasteiger partial charge in [0, 0.05) is 51.4 Å². The molecule has 3 heterocycles. The second kappa shape index (κ2) is 10.5. The lowest BCUT2D eigenvalue weighted by molar-refractivity contribution is -0.132. The van der Waals surface area contributed by atoms with E-state index < -0.39 is 10.0 Å². The van der Waals surface area contributed by atoms with Crippen LogP contribution in [-0.4, -0.2) is 108 Å². The fraction of sp³-hybridized carbons (Fsp3) is 0.571. The lowest BCUT2D eigenvalue weighted by Crippen LogP contribution is -2.46. The van der Waals surface area contributed by atoms with Gasteiger partial charge in [-0.2, -0.15) is 4.31 Å². The Bertz CT molecular complexity index is 1060. The highest BCUT2D eigenvalue weighted by molar-refractivity contribution is 7.99. The zero-order chi connectivity index (χ0) is 23.4. The Morgan fingerprint density at radius 2 is 1.70 bits per heavy atom. The van der Waals surface area contributed by atoms with Gasteiger partial charge in [0.1, 0.15) is 0 Å². The molecule has 0 spiro atoms. The highest BCUT2D eigenvalue weighted by atomic mass is 32.2. The van der Waals surface area contributed by atoms with Crippen molar-refractivity contribution < 1.29 is 17.9 Å². The summed E-state index contributed by atoms with van der Waals surface area (Å²) in [5.41, 5.74) is 0.785. The zero-order valence-electron chi connectivity index (χ0n) is 19.0. The number of ether oxygens (including phenoxy) is 1. The summed E-state index contributed by atoms with van der Waals surface area (Å²) in [6, 6.07) is 6.80. The van der Waals surface area contributed by atoms with E-state index >= 15 is 0 Å². The predicted octanol–water partition coefficient (Wildman–Crippen LogP) is 0.852. The molecule has 1 amide bonds. The third kappa shape index (κ3) is 5.40. The van der Waals surface area contributed by atoms with Crippen molar-refractivity contribution in [1.29, 1.82) is 0 Å². The van der Waals surface area contributed by atoms with E-state index in [4.69, 9.17) is 4.74 Å². The summed E-state index contributed by atoms with van der Waals surface area (Å²) in [5.74, 6) is 1.01. The number of sulfonamides is 1. The van der Waals surface area contributed by atoms with Crippen LogP contribution in [0, 0.1) is 0 Å². The van der Waals surface area contributed by atoms with Crippen LogP contribution < -0.4 is 0 Å². The zero-order valence-corrected chi connectivity index (χ0v) is 20.6. The summed E-state index contributed by atoms with van der Waals surface area (Å²) >= 11 is 1.37. The van der Waals surface area contributed by atoms with E-state index in [-0.39, 0.29) is 10.8 Å². The number of carbonyl (C=O) groups is 1. The largest absolute Gasteiger partial charge is 0.378 e. The van der Waals surface area contributed by atoms with Crippen LogP contribution in [0.1, 0.15) is 6.92 Å². The maximum atomic E-state index is 13.0. The van der Waals surface area contributed by atoms with Gasteiger partial charge in [0.25, 0.3) is 0 Å². The number of amides is 1. The first kappa shape index (κ1) is 24.1. The minimum absolute atomic E-state index is 0.0639. The smallest absolute Gasteiger partial charge is 0.243 e. The van der Waals surface area contributed by atoms with Gasteiger partial charge in [0.15, 0.2) is 11.0 Å². The molecule has 180 valence electrons. The molecule has 0 radical (unpaired) electrons. The minimum atomic E-state index is -3.52. The highest BCUT2D eigenvalue weighted by Gasteiger charge is 2.27. The fourth-order valence-corrected chi connectivity index (χ4v) is 6.21. The quantitative estimate of drug-likeness (QED) is 0.523. The van der Waals surface area contributed by atoms with Crippen molar-refractivity contribution in [1.82, 2.24) is 28.9 Å². The maximum absolute atomic E-state index is 13.0. The Labute approximate surface area is 198 Å². The van der Waals surface area contributed by atoms with E-state index in [0.29, 0.717) is 62.7 Å². The SMILES string of the molecule is CCn1c(SCC(=O)N2CCOCC2)nnc1-c1ccc(S(=O)(=O)N2CCN(C)CC2)cc1. The lowest BCUT2D eigenvalue weighted by atomic mass is 10.2. The number of rotatable bonds is 7. The topological polar surface area (TPSA) is 101 Å². The molecule has 10 nitrogen and oxygen atoms in total. The molecule has 0 aliphatic carbocycles. The summed E-state index contributed by atoms with van der Waals surface area (Å²) in [6.07, 6.45) is 0. The van der Waals surface area contributed by atoms with Crippen LogP contribution in [-0.2, 0) is 26.1 Å². The molecule has 2 aliphatic rings. The fourth-order valence-electron chi connectivity index (χ4n) is 3.88. The molecule has 12 heteroatoms. The van der Waals surface area contributed by atoms with Crippen LogP contribution in [0.5, 0.6) is 0 Å². The van der Waals surface area contributed by atoms with Gasteiger partial charge >= 0.3 is 0 Å². The molecular formula is C21H30N6O4S2. The molecular weight excluding hydrogens is 464 g/mol. The van der Waals surface area contributed by atoms with E-state index in [9.17, 15) is 13.2 Å². The Morgan fingerprint density at radius 3 is 2.33 bits per heavy atom. The molecule has 1 aromatic carbocycles. The molecule has 0 atom stereocenters. The number of hydrogen-bond donors (Lipinski definition) is 0. The summed E-state index contributed by atoms with van der Waals surface area (Å²) in [5, 5.41) is 9.27. The van der Waals surface area contributed by atoms with Gasteiger partial charge in [0.05, 0.1) is 23.9 Å². The van der Waals surface area contributed by atoms with E-state index in [1.165, 1.54) is 16.1 Å². The first-order valence-electron chi connectivity index (χ1n) is 11.1.